The molecule has 8 heteroatoms. The zero-order valence-electron chi connectivity index (χ0n) is 20.7. The Kier molecular flexibility index (Phi) is 5.56. The van der Waals surface area contributed by atoms with Crippen LogP contribution >= 0.6 is 0 Å². The molecule has 0 amide bonds. The van der Waals surface area contributed by atoms with Gasteiger partial charge < -0.3 is 9.30 Å². The highest BCUT2D eigenvalue weighted by molar-refractivity contribution is 5.55. The SMILES string of the molecule is COc1nc(-c2nc3n(n2)CCC[C@H]3c2ccc(C3(C#N)CCCC3)cc2)ccc1-n1cnc(C)c1. The second kappa shape index (κ2) is 8.90. The lowest BCUT2D eigenvalue weighted by Crippen LogP contribution is -2.20. The molecule has 8 nitrogen and oxygen atoms in total. The highest BCUT2D eigenvalue weighted by Gasteiger charge is 2.36. The summed E-state index contributed by atoms with van der Waals surface area (Å²) in [7, 11) is 1.62. The summed E-state index contributed by atoms with van der Waals surface area (Å²) in [5.41, 5.74) is 4.48. The van der Waals surface area contributed by atoms with Gasteiger partial charge in [-0.2, -0.15) is 5.26 Å². The Morgan fingerprint density at radius 1 is 1.06 bits per heavy atom. The average Bonchev–Trinajstić information content (AvgIpc) is 3.68. The zero-order chi connectivity index (χ0) is 24.7. The summed E-state index contributed by atoms with van der Waals surface area (Å²) in [5.74, 6) is 2.25. The number of hydrogen-bond donors (Lipinski definition) is 0. The van der Waals surface area contributed by atoms with Crippen molar-refractivity contribution in [3.05, 3.63) is 71.6 Å². The lowest BCUT2D eigenvalue weighted by atomic mass is 9.79. The molecule has 1 aliphatic heterocycles. The molecule has 2 aliphatic rings. The number of fused-ring (bicyclic) bond motifs is 1. The quantitative estimate of drug-likeness (QED) is 0.395. The maximum Gasteiger partial charge on any atom is 0.238 e. The van der Waals surface area contributed by atoms with Crippen molar-refractivity contribution in [2.45, 2.75) is 63.3 Å². The number of imidazole rings is 1. The number of rotatable bonds is 5. The van der Waals surface area contributed by atoms with Crippen LogP contribution in [0.5, 0.6) is 5.88 Å². The molecule has 3 aromatic heterocycles. The van der Waals surface area contributed by atoms with E-state index in [1.807, 2.05) is 34.5 Å². The summed E-state index contributed by atoms with van der Waals surface area (Å²) in [6, 6.07) is 15.2. The molecule has 0 saturated heterocycles. The highest BCUT2D eigenvalue weighted by Crippen LogP contribution is 2.41. The Morgan fingerprint density at radius 3 is 2.56 bits per heavy atom. The minimum absolute atomic E-state index is 0.172. The second-order valence-electron chi connectivity index (χ2n) is 9.88. The molecule has 0 radical (unpaired) electrons. The Labute approximate surface area is 210 Å². The van der Waals surface area contributed by atoms with Crippen LogP contribution in [0.15, 0.2) is 48.9 Å². The van der Waals surface area contributed by atoms with Gasteiger partial charge in [0.2, 0.25) is 5.88 Å². The van der Waals surface area contributed by atoms with Crippen molar-refractivity contribution < 1.29 is 4.74 Å². The Morgan fingerprint density at radius 2 is 1.86 bits per heavy atom. The maximum atomic E-state index is 9.86. The summed E-state index contributed by atoms with van der Waals surface area (Å²) < 4.78 is 9.51. The number of benzene rings is 1. The lowest BCUT2D eigenvalue weighted by molar-refractivity contribution is 0.396. The van der Waals surface area contributed by atoms with Crippen molar-refractivity contribution in [2.24, 2.45) is 0 Å². The van der Waals surface area contributed by atoms with Crippen molar-refractivity contribution in [3.8, 4) is 29.2 Å². The van der Waals surface area contributed by atoms with E-state index in [9.17, 15) is 5.26 Å². The molecule has 0 unspecified atom stereocenters. The average molecular weight is 480 g/mol. The van der Waals surface area contributed by atoms with Gasteiger partial charge in [0.1, 0.15) is 17.2 Å². The molecule has 4 heterocycles. The van der Waals surface area contributed by atoms with Gasteiger partial charge in [-0.25, -0.2) is 19.6 Å². The van der Waals surface area contributed by atoms with Gasteiger partial charge in [-0.05, 0) is 55.9 Å². The molecular weight excluding hydrogens is 450 g/mol. The fourth-order valence-corrected chi connectivity index (χ4v) is 5.71. The van der Waals surface area contributed by atoms with Gasteiger partial charge in [0, 0.05) is 18.7 Å². The van der Waals surface area contributed by atoms with Crippen LogP contribution in [0.25, 0.3) is 17.2 Å². The van der Waals surface area contributed by atoms with Gasteiger partial charge in [0.15, 0.2) is 5.82 Å². The molecule has 0 N–H and O–H groups in total. The molecule has 1 fully saturated rings. The minimum atomic E-state index is -0.315. The first-order chi connectivity index (χ1) is 17.6. The monoisotopic (exact) mass is 479 g/mol. The van der Waals surface area contributed by atoms with E-state index in [0.29, 0.717) is 17.4 Å². The topological polar surface area (TPSA) is 94.4 Å². The minimum Gasteiger partial charge on any atom is -0.479 e. The number of ether oxygens (including phenoxy) is 1. The van der Waals surface area contributed by atoms with E-state index in [-0.39, 0.29) is 11.3 Å². The number of aryl methyl sites for hydroxylation is 2. The highest BCUT2D eigenvalue weighted by atomic mass is 16.5. The molecule has 1 saturated carbocycles. The molecule has 1 aromatic carbocycles. The molecule has 6 rings (SSSR count). The number of nitriles is 1. The van der Waals surface area contributed by atoms with E-state index in [2.05, 4.69) is 35.3 Å². The first kappa shape index (κ1) is 22.5. The Hall–Kier alpha value is -3.99. The molecule has 4 aromatic rings. The first-order valence-electron chi connectivity index (χ1n) is 12.6. The van der Waals surface area contributed by atoms with E-state index in [0.717, 1.165) is 67.8 Å². The molecule has 1 atom stereocenters. The van der Waals surface area contributed by atoms with Crippen LogP contribution in [0.3, 0.4) is 0 Å². The molecule has 1 aliphatic carbocycles. The standard InChI is InChI=1S/C28H29N7O/c1-19-16-34(18-30-19)24-12-11-23(31-27(24)36-2)25-32-26-22(6-5-15-35(26)33-25)20-7-9-21(10-8-20)28(17-29)13-3-4-14-28/h7-12,16,18,22H,3-6,13-15H2,1-2H3/t22-/m0/s1. The van der Waals surface area contributed by atoms with Crippen LogP contribution in [-0.2, 0) is 12.0 Å². The third-order valence-electron chi connectivity index (χ3n) is 7.66. The van der Waals surface area contributed by atoms with Crippen LogP contribution < -0.4 is 4.74 Å². The van der Waals surface area contributed by atoms with Crippen molar-refractivity contribution in [1.29, 1.82) is 5.26 Å². The number of methoxy groups -OCH3 is 1. The van der Waals surface area contributed by atoms with Crippen LogP contribution in [0.2, 0.25) is 0 Å². The largest absolute Gasteiger partial charge is 0.479 e. The van der Waals surface area contributed by atoms with Gasteiger partial charge in [-0.3, -0.25) is 0 Å². The molecule has 36 heavy (non-hydrogen) atoms. The molecule has 0 bridgehead atoms. The summed E-state index contributed by atoms with van der Waals surface area (Å²) in [6.45, 7) is 2.79. The van der Waals surface area contributed by atoms with Crippen LogP contribution in [-0.4, -0.2) is 36.4 Å². The summed E-state index contributed by atoms with van der Waals surface area (Å²) in [4.78, 5) is 14.0. The fourth-order valence-electron chi connectivity index (χ4n) is 5.71. The molecule has 0 spiro atoms. The third kappa shape index (κ3) is 3.76. The van der Waals surface area contributed by atoms with E-state index in [1.54, 1.807) is 13.4 Å². The van der Waals surface area contributed by atoms with Crippen LogP contribution in [0.4, 0.5) is 0 Å². The predicted octanol–water partition coefficient (Wildman–Crippen LogP) is 5.10. The van der Waals surface area contributed by atoms with E-state index >= 15 is 0 Å². The van der Waals surface area contributed by atoms with Gasteiger partial charge in [0.25, 0.3) is 0 Å². The van der Waals surface area contributed by atoms with Crippen LogP contribution in [0.1, 0.15) is 67.1 Å². The van der Waals surface area contributed by atoms with Gasteiger partial charge in [-0.1, -0.05) is 37.1 Å². The van der Waals surface area contributed by atoms with Crippen LogP contribution in [0, 0.1) is 18.3 Å². The zero-order valence-corrected chi connectivity index (χ0v) is 20.7. The normalized spacial score (nSPS) is 18.5. The van der Waals surface area contributed by atoms with Gasteiger partial charge in [0.05, 0.1) is 30.6 Å². The number of pyridine rings is 1. The Bertz CT molecular complexity index is 1440. The third-order valence-corrected chi connectivity index (χ3v) is 7.66. The van der Waals surface area contributed by atoms with Crippen molar-refractivity contribution >= 4 is 0 Å². The van der Waals surface area contributed by atoms with E-state index < -0.39 is 0 Å². The van der Waals surface area contributed by atoms with E-state index in [1.165, 1.54) is 5.56 Å². The summed E-state index contributed by atoms with van der Waals surface area (Å²) in [5, 5.41) is 14.7. The lowest BCUT2D eigenvalue weighted by Gasteiger charge is -2.24. The number of aromatic nitrogens is 6. The summed E-state index contributed by atoms with van der Waals surface area (Å²) >= 11 is 0. The number of nitrogens with zero attached hydrogens (tertiary/aromatic N) is 7. The smallest absolute Gasteiger partial charge is 0.238 e. The van der Waals surface area contributed by atoms with Gasteiger partial charge >= 0.3 is 0 Å². The van der Waals surface area contributed by atoms with Crippen molar-refractivity contribution in [1.82, 2.24) is 29.3 Å². The Balaban J connectivity index is 1.31. The van der Waals surface area contributed by atoms with Crippen molar-refractivity contribution in [2.75, 3.05) is 7.11 Å². The maximum absolute atomic E-state index is 9.86. The van der Waals surface area contributed by atoms with E-state index in [4.69, 9.17) is 19.8 Å². The first-order valence-corrected chi connectivity index (χ1v) is 12.6. The second-order valence-corrected chi connectivity index (χ2v) is 9.88. The fraction of sp³-hybridized carbons (Fsp3) is 0.393. The molecular formula is C28H29N7O. The van der Waals surface area contributed by atoms with Gasteiger partial charge in [-0.15, -0.1) is 5.10 Å². The summed E-state index contributed by atoms with van der Waals surface area (Å²) in [6.07, 6.45) is 9.93. The molecule has 182 valence electrons. The van der Waals surface area contributed by atoms with Crippen molar-refractivity contribution in [3.63, 3.8) is 0 Å². The predicted molar refractivity (Wildman–Crippen MR) is 135 cm³/mol. The number of hydrogen-bond acceptors (Lipinski definition) is 6.